The molecule has 0 radical (unpaired) electrons. The van der Waals surface area contributed by atoms with Crippen LogP contribution in [0.15, 0.2) is 32.4 Å². The maximum absolute atomic E-state index is 13.3. The molecule has 0 spiro atoms. The number of fused-ring (bicyclic) bond motifs is 1. The number of carboxylic acids is 1. The third-order valence-corrected chi connectivity index (χ3v) is 7.00. The van der Waals surface area contributed by atoms with Gasteiger partial charge in [-0.1, -0.05) is 18.0 Å². The number of aromatic nitrogens is 2. The van der Waals surface area contributed by atoms with E-state index >= 15 is 0 Å². The van der Waals surface area contributed by atoms with Crippen LogP contribution in [0.1, 0.15) is 47.5 Å². The van der Waals surface area contributed by atoms with E-state index in [4.69, 9.17) is 4.52 Å². The van der Waals surface area contributed by atoms with Gasteiger partial charge in [-0.05, 0) is 50.5 Å². The lowest BCUT2D eigenvalue weighted by Crippen LogP contribution is -2.33. The number of aryl methyl sites for hydroxylation is 2. The first-order valence-corrected chi connectivity index (χ1v) is 11.1. The molecule has 1 fully saturated rings. The first-order valence-electron chi connectivity index (χ1n) is 9.57. The monoisotopic (exact) mass is 431 g/mol. The quantitative estimate of drug-likeness (QED) is 0.564. The Kier molecular flexibility index (Phi) is 4.99. The van der Waals surface area contributed by atoms with E-state index in [0.29, 0.717) is 22.6 Å². The van der Waals surface area contributed by atoms with Gasteiger partial charge in [0.1, 0.15) is 11.3 Å². The van der Waals surface area contributed by atoms with Crippen molar-refractivity contribution >= 4 is 26.9 Å². The van der Waals surface area contributed by atoms with Crippen molar-refractivity contribution in [2.75, 3.05) is 0 Å². The summed E-state index contributed by atoms with van der Waals surface area (Å²) in [6, 6.07) is 4.01. The Labute approximate surface area is 172 Å². The molecule has 2 aromatic heterocycles. The molecule has 0 atom stereocenters. The van der Waals surface area contributed by atoms with Crippen LogP contribution in [-0.2, 0) is 10.0 Å². The minimum Gasteiger partial charge on any atom is -0.477 e. The molecule has 1 aromatic carbocycles. The maximum atomic E-state index is 13.3. The molecule has 158 valence electrons. The lowest BCUT2D eigenvalue weighted by Gasteiger charge is -2.16. The zero-order chi connectivity index (χ0) is 21.6. The number of carbonyl (C=O) groups is 1. The van der Waals surface area contributed by atoms with Crippen molar-refractivity contribution in [3.8, 4) is 11.1 Å². The Morgan fingerprint density at radius 1 is 1.23 bits per heavy atom. The van der Waals surface area contributed by atoms with Gasteiger partial charge in [0, 0.05) is 17.0 Å². The molecule has 9 nitrogen and oxygen atoms in total. The van der Waals surface area contributed by atoms with Crippen LogP contribution in [0, 0.1) is 13.8 Å². The van der Waals surface area contributed by atoms with E-state index in [0.717, 1.165) is 31.7 Å². The van der Waals surface area contributed by atoms with Gasteiger partial charge in [0.2, 0.25) is 10.0 Å². The molecule has 3 aromatic rings. The van der Waals surface area contributed by atoms with Crippen molar-refractivity contribution in [1.82, 2.24) is 14.9 Å². The molecule has 1 aliphatic rings. The van der Waals surface area contributed by atoms with Crippen LogP contribution in [0.4, 0.5) is 0 Å². The Bertz CT molecular complexity index is 1300. The topological polar surface area (TPSA) is 142 Å². The molecule has 0 unspecified atom stereocenters. The molecule has 1 aliphatic carbocycles. The SMILES string of the molecule is Cc1noc(C)c1-c1cc(S(=O)(=O)NC2CCCC2)c2cc(C(=O)O)c(=O)[nH]c2c1. The fourth-order valence-electron chi connectivity index (χ4n) is 4.03. The summed E-state index contributed by atoms with van der Waals surface area (Å²) >= 11 is 0. The average molecular weight is 431 g/mol. The summed E-state index contributed by atoms with van der Waals surface area (Å²) in [5.74, 6) is -0.927. The van der Waals surface area contributed by atoms with Gasteiger partial charge in [-0.3, -0.25) is 4.79 Å². The molecular formula is C20H21N3O6S. The first kappa shape index (κ1) is 20.3. The van der Waals surface area contributed by atoms with Gasteiger partial charge in [-0.2, -0.15) is 0 Å². The number of benzene rings is 1. The Morgan fingerprint density at radius 3 is 2.53 bits per heavy atom. The van der Waals surface area contributed by atoms with Crippen molar-refractivity contribution in [1.29, 1.82) is 0 Å². The number of sulfonamides is 1. The summed E-state index contributed by atoms with van der Waals surface area (Å²) in [4.78, 5) is 26.1. The fraction of sp³-hybridized carbons (Fsp3) is 0.350. The molecule has 0 saturated heterocycles. The molecular weight excluding hydrogens is 410 g/mol. The van der Waals surface area contributed by atoms with Gasteiger partial charge in [0.05, 0.1) is 16.1 Å². The zero-order valence-corrected chi connectivity index (χ0v) is 17.3. The summed E-state index contributed by atoms with van der Waals surface area (Å²) in [7, 11) is -3.98. The highest BCUT2D eigenvalue weighted by Crippen LogP contribution is 2.33. The molecule has 4 rings (SSSR count). The van der Waals surface area contributed by atoms with E-state index in [1.165, 1.54) is 6.07 Å². The van der Waals surface area contributed by atoms with E-state index in [-0.39, 0.29) is 21.8 Å². The highest BCUT2D eigenvalue weighted by molar-refractivity contribution is 7.89. The predicted molar refractivity (Wildman–Crippen MR) is 109 cm³/mol. The first-order chi connectivity index (χ1) is 14.2. The second-order valence-corrected chi connectivity index (χ2v) is 9.24. The second-order valence-electron chi connectivity index (χ2n) is 7.55. The normalized spacial score (nSPS) is 15.1. The Balaban J connectivity index is 2.00. The van der Waals surface area contributed by atoms with Crippen LogP contribution < -0.4 is 10.3 Å². The number of nitrogens with zero attached hydrogens (tertiary/aromatic N) is 1. The van der Waals surface area contributed by atoms with Crippen LogP contribution >= 0.6 is 0 Å². The summed E-state index contributed by atoms with van der Waals surface area (Å²) in [6.07, 6.45) is 3.39. The number of hydrogen-bond donors (Lipinski definition) is 3. The van der Waals surface area contributed by atoms with Crippen LogP contribution in [0.5, 0.6) is 0 Å². The summed E-state index contributed by atoms with van der Waals surface area (Å²) in [5, 5.41) is 13.4. The molecule has 1 saturated carbocycles. The predicted octanol–water partition coefficient (Wildman–Crippen LogP) is 2.72. The van der Waals surface area contributed by atoms with Gasteiger partial charge < -0.3 is 14.6 Å². The van der Waals surface area contributed by atoms with Gasteiger partial charge in [-0.15, -0.1) is 0 Å². The third kappa shape index (κ3) is 3.52. The fourth-order valence-corrected chi connectivity index (χ4v) is 5.57. The number of rotatable bonds is 5. The van der Waals surface area contributed by atoms with Crippen molar-refractivity contribution in [2.24, 2.45) is 0 Å². The summed E-state index contributed by atoms with van der Waals surface area (Å²) in [5.41, 5.74) is 0.585. The molecule has 0 amide bonds. The van der Waals surface area contributed by atoms with Crippen LogP contribution in [0.2, 0.25) is 0 Å². The lowest BCUT2D eigenvalue weighted by atomic mass is 10.0. The maximum Gasteiger partial charge on any atom is 0.341 e. The molecule has 3 N–H and O–H groups in total. The smallest absolute Gasteiger partial charge is 0.341 e. The van der Waals surface area contributed by atoms with E-state index in [1.54, 1.807) is 19.9 Å². The van der Waals surface area contributed by atoms with Crippen molar-refractivity contribution in [3.63, 3.8) is 0 Å². The number of aromatic amines is 1. The van der Waals surface area contributed by atoms with Gasteiger partial charge >= 0.3 is 5.97 Å². The van der Waals surface area contributed by atoms with Gasteiger partial charge in [0.15, 0.2) is 0 Å². The van der Waals surface area contributed by atoms with E-state index in [1.807, 2.05) is 0 Å². The molecule has 10 heteroatoms. The Morgan fingerprint density at radius 2 is 1.93 bits per heavy atom. The minimum absolute atomic E-state index is 0.0966. The number of hydrogen-bond acceptors (Lipinski definition) is 6. The second kappa shape index (κ2) is 7.37. The van der Waals surface area contributed by atoms with E-state index in [2.05, 4.69) is 14.9 Å². The number of aromatic carboxylic acids is 1. The largest absolute Gasteiger partial charge is 0.477 e. The van der Waals surface area contributed by atoms with Gasteiger partial charge in [0.25, 0.3) is 5.56 Å². The van der Waals surface area contributed by atoms with E-state index in [9.17, 15) is 23.1 Å². The highest BCUT2D eigenvalue weighted by atomic mass is 32.2. The van der Waals surface area contributed by atoms with Crippen LogP contribution in [0.25, 0.3) is 22.0 Å². The number of pyridine rings is 1. The molecule has 2 heterocycles. The summed E-state index contributed by atoms with van der Waals surface area (Å²) < 4.78 is 34.5. The average Bonchev–Trinajstić information content (AvgIpc) is 3.29. The van der Waals surface area contributed by atoms with Crippen LogP contribution in [0.3, 0.4) is 0 Å². The lowest BCUT2D eigenvalue weighted by molar-refractivity contribution is 0.0695. The zero-order valence-electron chi connectivity index (χ0n) is 16.5. The highest BCUT2D eigenvalue weighted by Gasteiger charge is 2.27. The standard InChI is InChI=1S/C20H21N3O6S/c1-10-18(11(2)29-22-10)12-7-16-14(9-15(20(25)26)19(24)21-16)17(8-12)30(27,28)23-13-5-3-4-6-13/h7-9,13,23H,3-6H2,1-2H3,(H,21,24)(H,25,26). The van der Waals surface area contributed by atoms with Crippen LogP contribution in [-0.4, -0.2) is 35.7 Å². The number of nitrogens with one attached hydrogen (secondary N) is 2. The molecule has 0 aliphatic heterocycles. The Hall–Kier alpha value is -2.98. The van der Waals surface area contributed by atoms with E-state index < -0.39 is 27.1 Å². The minimum atomic E-state index is -3.98. The number of H-pyrrole nitrogens is 1. The third-order valence-electron chi connectivity index (χ3n) is 5.44. The molecule has 0 bridgehead atoms. The van der Waals surface area contributed by atoms with Crippen molar-refractivity contribution in [2.45, 2.75) is 50.5 Å². The van der Waals surface area contributed by atoms with Crippen molar-refractivity contribution < 1.29 is 22.8 Å². The van der Waals surface area contributed by atoms with Gasteiger partial charge in [-0.25, -0.2) is 17.9 Å². The van der Waals surface area contributed by atoms with Crippen molar-refractivity contribution in [3.05, 3.63) is 45.6 Å². The number of carboxylic acid groups (broad SMARTS) is 1. The molecule has 30 heavy (non-hydrogen) atoms. The summed E-state index contributed by atoms with van der Waals surface area (Å²) in [6.45, 7) is 3.44.